The van der Waals surface area contributed by atoms with E-state index in [9.17, 15) is 0 Å². The molecule has 1 rings (SSSR count). The Kier molecular flexibility index (Phi) is 4.02. The minimum Gasteiger partial charge on any atom is -0.365 e. The van der Waals surface area contributed by atoms with Crippen LogP contribution in [-0.4, -0.2) is 12.7 Å². The molecule has 11 heavy (non-hydrogen) atoms. The van der Waals surface area contributed by atoms with Gasteiger partial charge in [-0.05, 0) is 12.0 Å². The van der Waals surface area contributed by atoms with Gasteiger partial charge >= 0.3 is 0 Å². The maximum Gasteiger partial charge on any atom is 0.120 e. The number of rotatable bonds is 4. The quantitative estimate of drug-likeness (QED) is 0.498. The van der Waals surface area contributed by atoms with Crippen molar-refractivity contribution in [1.29, 1.82) is 0 Å². The topological polar surface area (TPSA) is 9.23 Å². The Morgan fingerprint density at radius 3 is 2.55 bits per heavy atom. The van der Waals surface area contributed by atoms with Crippen molar-refractivity contribution in [3.05, 3.63) is 35.9 Å². The van der Waals surface area contributed by atoms with E-state index in [2.05, 4.69) is 12.1 Å². The van der Waals surface area contributed by atoms with Crippen molar-refractivity contribution >= 4 is 11.6 Å². The molecule has 0 spiro atoms. The van der Waals surface area contributed by atoms with E-state index in [-0.39, 0.29) is 6.07 Å². The van der Waals surface area contributed by atoms with Gasteiger partial charge in [-0.3, -0.25) is 0 Å². The molecule has 2 heteroatoms. The van der Waals surface area contributed by atoms with E-state index < -0.39 is 0 Å². The Balaban J connectivity index is 2.28. The molecule has 0 radical (unpaired) electrons. The number of hydrogen-bond acceptors (Lipinski definition) is 1. The van der Waals surface area contributed by atoms with Gasteiger partial charge in [-0.1, -0.05) is 41.9 Å². The zero-order valence-electron chi connectivity index (χ0n) is 6.29. The summed E-state index contributed by atoms with van der Waals surface area (Å²) in [6.07, 6.45) is 0.938. The van der Waals surface area contributed by atoms with Crippen molar-refractivity contribution < 1.29 is 4.74 Å². The number of hydrogen-bond donors (Lipinski definition) is 0. The lowest BCUT2D eigenvalue weighted by Crippen LogP contribution is -1.95. The van der Waals surface area contributed by atoms with Crippen molar-refractivity contribution in [2.45, 2.75) is 6.42 Å². The van der Waals surface area contributed by atoms with Gasteiger partial charge in [0.05, 0.1) is 6.61 Å². The molecule has 60 valence electrons. The van der Waals surface area contributed by atoms with Gasteiger partial charge in [0.15, 0.2) is 0 Å². The van der Waals surface area contributed by atoms with Crippen molar-refractivity contribution in [2.24, 2.45) is 0 Å². The smallest absolute Gasteiger partial charge is 0.120 e. The summed E-state index contributed by atoms with van der Waals surface area (Å²) >= 11 is 5.35. The lowest BCUT2D eigenvalue weighted by molar-refractivity contribution is 0.183. The van der Waals surface area contributed by atoms with Gasteiger partial charge in [-0.15, -0.1) is 0 Å². The summed E-state index contributed by atoms with van der Waals surface area (Å²) in [4.78, 5) is 0. The molecule has 0 heterocycles. The molecule has 0 unspecified atom stereocenters. The molecule has 0 saturated carbocycles. The highest BCUT2D eigenvalue weighted by molar-refractivity contribution is 6.17. The molecule has 1 aromatic carbocycles. The lowest BCUT2D eigenvalue weighted by Gasteiger charge is -1.99. The van der Waals surface area contributed by atoms with Crippen LogP contribution in [0, 0.1) is 0 Å². The molecule has 0 aromatic heterocycles. The van der Waals surface area contributed by atoms with E-state index in [4.69, 9.17) is 16.3 Å². The van der Waals surface area contributed by atoms with Crippen molar-refractivity contribution in [1.82, 2.24) is 0 Å². The lowest BCUT2D eigenvalue weighted by atomic mass is 10.2. The Morgan fingerprint density at radius 1 is 1.18 bits per heavy atom. The summed E-state index contributed by atoms with van der Waals surface area (Å²) in [6.45, 7) is 0.702. The summed E-state index contributed by atoms with van der Waals surface area (Å²) in [5.74, 6) is 0. The first-order valence-electron chi connectivity index (χ1n) is 3.61. The maximum atomic E-state index is 5.35. The van der Waals surface area contributed by atoms with E-state index >= 15 is 0 Å². The van der Waals surface area contributed by atoms with Gasteiger partial charge in [-0.25, -0.2) is 0 Å². The molecule has 0 aliphatic heterocycles. The van der Waals surface area contributed by atoms with Crippen molar-refractivity contribution in [3.63, 3.8) is 0 Å². The highest BCUT2D eigenvalue weighted by atomic mass is 35.5. The number of alkyl halides is 1. The van der Waals surface area contributed by atoms with Gasteiger partial charge in [0.1, 0.15) is 6.07 Å². The summed E-state index contributed by atoms with van der Waals surface area (Å²) in [5, 5.41) is 0. The van der Waals surface area contributed by atoms with Crippen LogP contribution in [0.5, 0.6) is 0 Å². The highest BCUT2D eigenvalue weighted by Gasteiger charge is 1.89. The van der Waals surface area contributed by atoms with Crippen LogP contribution >= 0.6 is 11.6 Å². The van der Waals surface area contributed by atoms with Gasteiger partial charge in [0.2, 0.25) is 0 Å². The highest BCUT2D eigenvalue weighted by Crippen LogP contribution is 1.99. The Morgan fingerprint density at radius 2 is 1.91 bits per heavy atom. The average Bonchev–Trinajstić information content (AvgIpc) is 2.07. The van der Waals surface area contributed by atoms with E-state index in [0.29, 0.717) is 6.61 Å². The van der Waals surface area contributed by atoms with Crippen LogP contribution in [0.3, 0.4) is 0 Å². The molecule has 0 bridgehead atoms. The first kappa shape index (κ1) is 8.57. The number of benzene rings is 1. The molecule has 1 aromatic rings. The molecule has 0 saturated heterocycles. The Labute approximate surface area is 71.9 Å². The van der Waals surface area contributed by atoms with Crippen LogP contribution in [0.4, 0.5) is 0 Å². The molecule has 0 aliphatic carbocycles. The van der Waals surface area contributed by atoms with Crippen LogP contribution in [-0.2, 0) is 11.2 Å². The number of ether oxygens (including phenoxy) is 1. The van der Waals surface area contributed by atoms with Gasteiger partial charge in [-0.2, -0.15) is 0 Å². The monoisotopic (exact) mass is 170 g/mol. The van der Waals surface area contributed by atoms with Crippen LogP contribution in [0.1, 0.15) is 5.56 Å². The van der Waals surface area contributed by atoms with Crippen LogP contribution < -0.4 is 0 Å². The zero-order valence-corrected chi connectivity index (χ0v) is 7.05. The molecule has 0 atom stereocenters. The molecule has 0 aliphatic rings. The Hall–Kier alpha value is -0.530. The van der Waals surface area contributed by atoms with Crippen LogP contribution in [0.2, 0.25) is 0 Å². The fourth-order valence-electron chi connectivity index (χ4n) is 0.889. The normalized spacial score (nSPS) is 9.91. The molecular weight excluding hydrogens is 160 g/mol. The maximum absolute atomic E-state index is 5.35. The second-order valence-corrected chi connectivity index (χ2v) is 2.47. The van der Waals surface area contributed by atoms with E-state index in [1.807, 2.05) is 18.2 Å². The summed E-state index contributed by atoms with van der Waals surface area (Å²) in [5.41, 5.74) is 1.29. The third kappa shape index (κ3) is 3.40. The summed E-state index contributed by atoms with van der Waals surface area (Å²) < 4.78 is 5.00. The first-order valence-corrected chi connectivity index (χ1v) is 4.14. The van der Waals surface area contributed by atoms with Crippen molar-refractivity contribution in [3.8, 4) is 0 Å². The standard InChI is InChI=1S/C9H11ClO/c10-8-11-7-6-9-4-2-1-3-5-9/h1-5H,6-8H2. The predicted molar refractivity (Wildman–Crippen MR) is 46.8 cm³/mol. The fraction of sp³-hybridized carbons (Fsp3) is 0.333. The van der Waals surface area contributed by atoms with Gasteiger partial charge in [0.25, 0.3) is 0 Å². The molecular formula is C9H11ClO. The molecule has 0 fully saturated rings. The van der Waals surface area contributed by atoms with E-state index in [1.54, 1.807) is 0 Å². The van der Waals surface area contributed by atoms with Gasteiger partial charge in [0, 0.05) is 0 Å². The largest absolute Gasteiger partial charge is 0.365 e. The SMILES string of the molecule is ClCOCCc1ccccc1. The minimum absolute atomic E-state index is 0.285. The molecule has 1 nitrogen and oxygen atoms in total. The zero-order chi connectivity index (χ0) is 7.94. The van der Waals surface area contributed by atoms with Crippen LogP contribution in [0.25, 0.3) is 0 Å². The van der Waals surface area contributed by atoms with E-state index in [1.165, 1.54) is 5.56 Å². The Bertz CT molecular complexity index is 186. The van der Waals surface area contributed by atoms with Crippen molar-refractivity contribution in [2.75, 3.05) is 12.7 Å². The predicted octanol–water partition coefficient (Wildman–Crippen LogP) is 2.44. The second-order valence-electron chi connectivity index (χ2n) is 2.25. The third-order valence-corrected chi connectivity index (χ3v) is 1.61. The summed E-state index contributed by atoms with van der Waals surface area (Å²) in [6, 6.07) is 10.5. The average molecular weight is 171 g/mol. The fourth-order valence-corrected chi connectivity index (χ4v) is 0.998. The third-order valence-electron chi connectivity index (χ3n) is 1.46. The molecule has 0 amide bonds. The minimum atomic E-state index is 0.285. The second kappa shape index (κ2) is 5.16. The van der Waals surface area contributed by atoms with Crippen LogP contribution in [0.15, 0.2) is 30.3 Å². The first-order chi connectivity index (χ1) is 5.43. The summed E-state index contributed by atoms with van der Waals surface area (Å²) in [7, 11) is 0. The van der Waals surface area contributed by atoms with E-state index in [0.717, 1.165) is 6.42 Å². The van der Waals surface area contributed by atoms with Gasteiger partial charge < -0.3 is 4.74 Å². The molecule has 0 N–H and O–H groups in total. The number of halogens is 1.